The molecular weight excluding hydrogens is 313 g/mol. The highest BCUT2D eigenvalue weighted by atomic mass is 32.2. The van der Waals surface area contributed by atoms with Crippen LogP contribution in [0, 0.1) is 11.2 Å². The first-order valence-corrected chi connectivity index (χ1v) is 8.69. The predicted molar refractivity (Wildman–Crippen MR) is 83.5 cm³/mol. The Kier molecular flexibility index (Phi) is 4.37. The zero-order valence-corrected chi connectivity index (χ0v) is 13.5. The molecule has 0 bridgehead atoms. The van der Waals surface area contributed by atoms with E-state index in [4.69, 9.17) is 22.7 Å². The van der Waals surface area contributed by atoms with Gasteiger partial charge in [-0.3, -0.25) is 0 Å². The van der Waals surface area contributed by atoms with Crippen molar-refractivity contribution in [1.29, 1.82) is 0 Å². The van der Waals surface area contributed by atoms with Crippen LogP contribution in [0.25, 0.3) is 0 Å². The number of hydrogen-bond acceptors (Lipinski definition) is 4. The molecule has 0 spiro atoms. The predicted octanol–water partition coefficient (Wildman–Crippen LogP) is 1.65. The molecular formula is C14H18FNO3S2. The van der Waals surface area contributed by atoms with Crippen LogP contribution in [0.3, 0.4) is 0 Å². The fourth-order valence-corrected chi connectivity index (χ4v) is 5.52. The summed E-state index contributed by atoms with van der Waals surface area (Å²) in [5, 5.41) is -0.755. The molecule has 3 atom stereocenters. The monoisotopic (exact) mass is 331 g/mol. The van der Waals surface area contributed by atoms with Crippen molar-refractivity contribution in [3.63, 3.8) is 0 Å². The number of methoxy groups -OCH3 is 1. The first-order valence-electron chi connectivity index (χ1n) is 6.57. The lowest BCUT2D eigenvalue weighted by atomic mass is 10.00. The third-order valence-corrected chi connectivity index (χ3v) is 6.75. The molecule has 2 rings (SSSR count). The Morgan fingerprint density at radius 2 is 2.19 bits per heavy atom. The van der Waals surface area contributed by atoms with E-state index in [0.29, 0.717) is 5.56 Å². The quantitative estimate of drug-likeness (QED) is 0.803. The number of hydrogen-bond donors (Lipinski definition) is 1. The molecule has 2 N–H and O–H groups in total. The number of nitrogens with two attached hydrogens (primary N) is 1. The maximum atomic E-state index is 13.5. The van der Waals surface area contributed by atoms with Crippen molar-refractivity contribution in [1.82, 2.24) is 0 Å². The van der Waals surface area contributed by atoms with Crippen LogP contribution >= 0.6 is 12.2 Å². The van der Waals surface area contributed by atoms with Crippen molar-refractivity contribution in [2.24, 2.45) is 11.1 Å². The van der Waals surface area contributed by atoms with Gasteiger partial charge in [0.25, 0.3) is 0 Å². The summed E-state index contributed by atoms with van der Waals surface area (Å²) >= 11 is 5.10. The van der Waals surface area contributed by atoms with E-state index in [9.17, 15) is 12.8 Å². The number of benzene rings is 1. The van der Waals surface area contributed by atoms with E-state index < -0.39 is 32.2 Å². The van der Waals surface area contributed by atoms with Crippen LogP contribution in [-0.2, 0) is 14.6 Å². The van der Waals surface area contributed by atoms with Gasteiger partial charge in [0.05, 0.1) is 22.3 Å². The van der Waals surface area contributed by atoms with Gasteiger partial charge >= 0.3 is 0 Å². The molecule has 0 aromatic heterocycles. The number of ether oxygens (including phenoxy) is 1. The van der Waals surface area contributed by atoms with Crippen LogP contribution in [0.5, 0.6) is 0 Å². The molecule has 116 valence electrons. The summed E-state index contributed by atoms with van der Waals surface area (Å²) in [6, 6.07) is 5.89. The summed E-state index contributed by atoms with van der Waals surface area (Å²) in [5.74, 6) is -0.894. The molecule has 1 saturated carbocycles. The van der Waals surface area contributed by atoms with E-state index in [-0.39, 0.29) is 17.3 Å². The number of thiocarbonyl (C=S) groups is 1. The second-order valence-electron chi connectivity index (χ2n) is 5.24. The number of sulfone groups is 1. The molecule has 4 nitrogen and oxygen atoms in total. The molecule has 0 amide bonds. The Morgan fingerprint density at radius 1 is 1.52 bits per heavy atom. The lowest BCUT2D eigenvalue weighted by Crippen LogP contribution is -2.33. The van der Waals surface area contributed by atoms with Crippen LogP contribution in [0.15, 0.2) is 24.3 Å². The van der Waals surface area contributed by atoms with Gasteiger partial charge in [-0.05, 0) is 17.7 Å². The zero-order chi connectivity index (χ0) is 15.8. The second kappa shape index (κ2) is 5.62. The first kappa shape index (κ1) is 16.3. The summed E-state index contributed by atoms with van der Waals surface area (Å²) in [7, 11) is -1.91. The Balaban J connectivity index is 2.54. The van der Waals surface area contributed by atoms with Crippen molar-refractivity contribution >= 4 is 27.0 Å². The molecule has 21 heavy (non-hydrogen) atoms. The van der Waals surface area contributed by atoms with Gasteiger partial charge in [0.1, 0.15) is 5.82 Å². The lowest BCUT2D eigenvalue weighted by molar-refractivity contribution is 0.166. The van der Waals surface area contributed by atoms with Crippen molar-refractivity contribution in [2.75, 3.05) is 19.5 Å². The molecule has 0 radical (unpaired) electrons. The van der Waals surface area contributed by atoms with Crippen LogP contribution in [0.1, 0.15) is 18.4 Å². The van der Waals surface area contributed by atoms with Crippen molar-refractivity contribution in [3.8, 4) is 0 Å². The molecule has 1 aromatic carbocycles. The van der Waals surface area contributed by atoms with Crippen LogP contribution < -0.4 is 5.73 Å². The smallest absolute Gasteiger partial charge is 0.154 e. The SMILES string of the molecule is CCS(=O)(=O)[C@H]1[C@H](c2cccc(F)c2)[C@@]1(COC)C(N)=S. The maximum absolute atomic E-state index is 13.5. The Bertz CT molecular complexity index is 662. The number of rotatable bonds is 6. The molecule has 7 heteroatoms. The maximum Gasteiger partial charge on any atom is 0.154 e. The minimum absolute atomic E-state index is 0.0163. The molecule has 0 saturated heterocycles. The van der Waals surface area contributed by atoms with Crippen molar-refractivity contribution < 1.29 is 17.5 Å². The van der Waals surface area contributed by atoms with Gasteiger partial charge in [-0.1, -0.05) is 31.3 Å². The van der Waals surface area contributed by atoms with Gasteiger partial charge in [0, 0.05) is 18.8 Å². The van der Waals surface area contributed by atoms with Crippen molar-refractivity contribution in [2.45, 2.75) is 18.1 Å². The van der Waals surface area contributed by atoms with Crippen LogP contribution in [0.2, 0.25) is 0 Å². The van der Waals surface area contributed by atoms with E-state index in [2.05, 4.69) is 0 Å². The third-order valence-electron chi connectivity index (χ3n) is 4.10. The average molecular weight is 331 g/mol. The first-order chi connectivity index (χ1) is 9.81. The Hall–Kier alpha value is -1.05. The van der Waals surface area contributed by atoms with E-state index in [1.54, 1.807) is 19.1 Å². The highest BCUT2D eigenvalue weighted by Gasteiger charge is 2.72. The normalized spacial score (nSPS) is 28.3. The standard InChI is InChI=1S/C14H18FNO3S2/c1-3-21(17,18)12-11(9-5-4-6-10(15)7-9)14(12,8-19-2)13(16)20/h4-7,11-12H,3,8H2,1-2H3,(H2,16,20)/t11-,12-,14+/m0/s1. The third kappa shape index (κ3) is 2.58. The molecule has 0 aliphatic heterocycles. The van der Waals surface area contributed by atoms with Gasteiger partial charge in [0.2, 0.25) is 0 Å². The van der Waals surface area contributed by atoms with Crippen molar-refractivity contribution in [3.05, 3.63) is 35.6 Å². The van der Waals surface area contributed by atoms with E-state index in [0.717, 1.165) is 0 Å². The molecule has 0 unspecified atom stereocenters. The van der Waals surface area contributed by atoms with Gasteiger partial charge in [-0.25, -0.2) is 12.8 Å². The van der Waals surface area contributed by atoms with Gasteiger partial charge < -0.3 is 10.5 Å². The lowest BCUT2D eigenvalue weighted by Gasteiger charge is -2.15. The fourth-order valence-electron chi connectivity index (χ4n) is 3.06. The van der Waals surface area contributed by atoms with E-state index in [1.807, 2.05) is 0 Å². The second-order valence-corrected chi connectivity index (χ2v) is 8.09. The molecule has 1 fully saturated rings. The average Bonchev–Trinajstić information content (AvgIpc) is 3.10. The molecule has 1 aromatic rings. The highest BCUT2D eigenvalue weighted by Crippen LogP contribution is 2.63. The summed E-state index contributed by atoms with van der Waals surface area (Å²) in [4.78, 5) is 0.0978. The Labute approximate surface area is 129 Å². The largest absolute Gasteiger partial charge is 0.393 e. The van der Waals surface area contributed by atoms with E-state index in [1.165, 1.54) is 19.2 Å². The van der Waals surface area contributed by atoms with Crippen LogP contribution in [0.4, 0.5) is 4.39 Å². The Morgan fingerprint density at radius 3 is 2.67 bits per heavy atom. The molecule has 0 heterocycles. The number of halogens is 1. The van der Waals surface area contributed by atoms with E-state index >= 15 is 0 Å². The molecule has 1 aliphatic rings. The molecule has 1 aliphatic carbocycles. The van der Waals surface area contributed by atoms with Crippen LogP contribution in [-0.4, -0.2) is 38.1 Å². The van der Waals surface area contributed by atoms with Gasteiger partial charge in [0.15, 0.2) is 9.84 Å². The summed E-state index contributed by atoms with van der Waals surface area (Å²) in [6.07, 6.45) is 0. The summed E-state index contributed by atoms with van der Waals surface area (Å²) < 4.78 is 43.3. The zero-order valence-electron chi connectivity index (χ0n) is 11.9. The van der Waals surface area contributed by atoms with Gasteiger partial charge in [-0.2, -0.15) is 0 Å². The summed E-state index contributed by atoms with van der Waals surface area (Å²) in [6.45, 7) is 1.68. The minimum atomic E-state index is -3.38. The summed E-state index contributed by atoms with van der Waals surface area (Å²) in [5.41, 5.74) is 5.45. The topological polar surface area (TPSA) is 69.4 Å². The minimum Gasteiger partial charge on any atom is -0.393 e. The fraction of sp³-hybridized carbons (Fsp3) is 0.500. The highest BCUT2D eigenvalue weighted by molar-refractivity contribution is 7.92. The van der Waals surface area contributed by atoms with Gasteiger partial charge in [-0.15, -0.1) is 0 Å².